The van der Waals surface area contributed by atoms with Gasteiger partial charge in [0, 0.05) is 5.39 Å². The SMILES string of the molecule is Nc1c2c(nc3c(F)cccc13)CCCS2. The van der Waals surface area contributed by atoms with Crippen LogP contribution in [-0.4, -0.2) is 10.7 Å². The molecule has 2 aromatic rings. The predicted molar refractivity (Wildman–Crippen MR) is 65.2 cm³/mol. The number of para-hydroxylation sites is 1. The van der Waals surface area contributed by atoms with Crippen LogP contribution >= 0.6 is 11.8 Å². The number of nitrogens with two attached hydrogens (primary N) is 1. The van der Waals surface area contributed by atoms with Gasteiger partial charge in [-0.2, -0.15) is 0 Å². The lowest BCUT2D eigenvalue weighted by atomic mass is 10.1. The van der Waals surface area contributed by atoms with Gasteiger partial charge >= 0.3 is 0 Å². The largest absolute Gasteiger partial charge is 0.397 e. The molecule has 2 nitrogen and oxygen atoms in total. The standard InChI is InChI=1S/C12H11FN2S/c13-8-4-1-3-7-10(14)12-9(15-11(7)8)5-2-6-16-12/h1,3-4H,2,5-6H2,(H2,14,15). The van der Waals surface area contributed by atoms with Crippen molar-refractivity contribution in [2.24, 2.45) is 0 Å². The van der Waals surface area contributed by atoms with E-state index in [2.05, 4.69) is 4.98 Å². The molecule has 1 aliphatic rings. The summed E-state index contributed by atoms with van der Waals surface area (Å²) in [7, 11) is 0. The normalized spacial score (nSPS) is 15.1. The Morgan fingerprint density at radius 3 is 3.12 bits per heavy atom. The number of hydrogen-bond acceptors (Lipinski definition) is 3. The van der Waals surface area contributed by atoms with Crippen molar-refractivity contribution < 1.29 is 4.39 Å². The van der Waals surface area contributed by atoms with Crippen molar-refractivity contribution in [1.82, 2.24) is 4.98 Å². The lowest BCUT2D eigenvalue weighted by Gasteiger charge is -2.17. The van der Waals surface area contributed by atoms with Gasteiger partial charge in [-0.1, -0.05) is 12.1 Å². The van der Waals surface area contributed by atoms with Crippen molar-refractivity contribution in [3.8, 4) is 0 Å². The lowest BCUT2D eigenvalue weighted by molar-refractivity contribution is 0.635. The van der Waals surface area contributed by atoms with Crippen LogP contribution in [0.15, 0.2) is 23.1 Å². The maximum atomic E-state index is 13.6. The first-order valence-corrected chi connectivity index (χ1v) is 6.25. The zero-order valence-electron chi connectivity index (χ0n) is 8.66. The Balaban J connectivity index is 2.39. The minimum Gasteiger partial charge on any atom is -0.397 e. The summed E-state index contributed by atoms with van der Waals surface area (Å²) >= 11 is 1.73. The summed E-state index contributed by atoms with van der Waals surface area (Å²) in [5.41, 5.74) is 8.12. The van der Waals surface area contributed by atoms with Crippen molar-refractivity contribution >= 4 is 28.4 Å². The maximum absolute atomic E-state index is 13.6. The van der Waals surface area contributed by atoms with E-state index in [0.29, 0.717) is 11.2 Å². The number of hydrogen-bond donors (Lipinski definition) is 1. The summed E-state index contributed by atoms with van der Waals surface area (Å²) in [6, 6.07) is 4.93. The zero-order chi connectivity index (χ0) is 11.1. The fraction of sp³-hybridized carbons (Fsp3) is 0.250. The quantitative estimate of drug-likeness (QED) is 0.761. The Kier molecular flexibility index (Phi) is 2.24. The molecule has 0 radical (unpaired) electrons. The van der Waals surface area contributed by atoms with E-state index in [-0.39, 0.29) is 5.82 Å². The molecule has 0 unspecified atom stereocenters. The number of rotatable bonds is 0. The van der Waals surface area contributed by atoms with Crippen LogP contribution in [0.25, 0.3) is 10.9 Å². The molecule has 0 atom stereocenters. The van der Waals surface area contributed by atoms with Gasteiger partial charge in [-0.25, -0.2) is 9.37 Å². The van der Waals surface area contributed by atoms with Gasteiger partial charge in [0.15, 0.2) is 0 Å². The van der Waals surface area contributed by atoms with Gasteiger partial charge in [0.1, 0.15) is 11.3 Å². The predicted octanol–water partition coefficient (Wildman–Crippen LogP) is 2.99. The Morgan fingerprint density at radius 1 is 1.38 bits per heavy atom. The highest BCUT2D eigenvalue weighted by Crippen LogP contribution is 2.38. The maximum Gasteiger partial charge on any atom is 0.149 e. The minimum atomic E-state index is -0.289. The van der Waals surface area contributed by atoms with E-state index in [1.165, 1.54) is 6.07 Å². The first-order chi connectivity index (χ1) is 7.77. The third-order valence-corrected chi connectivity index (χ3v) is 4.07. The van der Waals surface area contributed by atoms with Crippen LogP contribution < -0.4 is 5.73 Å². The third kappa shape index (κ3) is 1.37. The van der Waals surface area contributed by atoms with Crippen LogP contribution in [-0.2, 0) is 6.42 Å². The highest BCUT2D eigenvalue weighted by Gasteiger charge is 2.18. The number of nitrogens with zero attached hydrogens (tertiary/aromatic N) is 1. The minimum absolute atomic E-state index is 0.289. The van der Waals surface area contributed by atoms with E-state index in [0.717, 1.165) is 34.6 Å². The Bertz CT molecular complexity index is 568. The molecule has 2 N–H and O–H groups in total. The van der Waals surface area contributed by atoms with Crippen molar-refractivity contribution in [1.29, 1.82) is 0 Å². The molecule has 4 heteroatoms. The Labute approximate surface area is 97.1 Å². The van der Waals surface area contributed by atoms with Crippen LogP contribution in [0.4, 0.5) is 10.1 Å². The smallest absolute Gasteiger partial charge is 0.149 e. The second-order valence-corrected chi connectivity index (χ2v) is 4.99. The summed E-state index contributed by atoms with van der Waals surface area (Å²) < 4.78 is 13.6. The van der Waals surface area contributed by atoms with Crippen LogP contribution in [0, 0.1) is 5.82 Å². The zero-order valence-corrected chi connectivity index (χ0v) is 9.48. The lowest BCUT2D eigenvalue weighted by Crippen LogP contribution is -2.06. The number of nitrogen functional groups attached to an aromatic ring is 1. The molecule has 0 aliphatic carbocycles. The first-order valence-electron chi connectivity index (χ1n) is 5.27. The second kappa shape index (κ2) is 3.63. The Hall–Kier alpha value is -1.29. The van der Waals surface area contributed by atoms with Gasteiger partial charge in [-0.05, 0) is 24.7 Å². The molecule has 16 heavy (non-hydrogen) atoms. The first kappa shape index (κ1) is 9.90. The molecule has 1 aromatic heterocycles. The van der Waals surface area contributed by atoms with E-state index in [4.69, 9.17) is 5.73 Å². The fourth-order valence-electron chi connectivity index (χ4n) is 2.05. The van der Waals surface area contributed by atoms with Gasteiger partial charge < -0.3 is 5.73 Å². The molecule has 0 fully saturated rings. The number of aromatic nitrogens is 1. The Morgan fingerprint density at radius 2 is 2.25 bits per heavy atom. The van der Waals surface area contributed by atoms with Gasteiger partial charge in [0.25, 0.3) is 0 Å². The monoisotopic (exact) mass is 234 g/mol. The fourth-order valence-corrected chi connectivity index (χ4v) is 3.13. The average Bonchev–Trinajstić information content (AvgIpc) is 2.31. The molecule has 1 aromatic carbocycles. The number of pyridine rings is 1. The number of thioether (sulfide) groups is 1. The van der Waals surface area contributed by atoms with Crippen LogP contribution in [0.2, 0.25) is 0 Å². The van der Waals surface area contributed by atoms with Crippen molar-refractivity contribution in [2.45, 2.75) is 17.7 Å². The molecule has 0 bridgehead atoms. The summed E-state index contributed by atoms with van der Waals surface area (Å²) in [6.07, 6.45) is 1.99. The van der Waals surface area contributed by atoms with Crippen molar-refractivity contribution in [3.05, 3.63) is 29.7 Å². The van der Waals surface area contributed by atoms with E-state index < -0.39 is 0 Å². The van der Waals surface area contributed by atoms with Crippen molar-refractivity contribution in [2.75, 3.05) is 11.5 Å². The highest BCUT2D eigenvalue weighted by atomic mass is 32.2. The number of benzene rings is 1. The number of halogens is 1. The van der Waals surface area contributed by atoms with Crippen LogP contribution in [0.5, 0.6) is 0 Å². The van der Waals surface area contributed by atoms with E-state index in [1.807, 2.05) is 6.07 Å². The number of fused-ring (bicyclic) bond motifs is 2. The number of aryl methyl sites for hydroxylation is 1. The van der Waals surface area contributed by atoms with E-state index in [1.54, 1.807) is 17.8 Å². The van der Waals surface area contributed by atoms with Crippen LogP contribution in [0.3, 0.4) is 0 Å². The summed E-state index contributed by atoms with van der Waals surface area (Å²) in [6.45, 7) is 0. The molecule has 0 saturated heterocycles. The van der Waals surface area contributed by atoms with E-state index in [9.17, 15) is 4.39 Å². The number of anilines is 1. The average molecular weight is 234 g/mol. The summed E-state index contributed by atoms with van der Waals surface area (Å²) in [5, 5.41) is 0.730. The molecular formula is C12H11FN2S. The van der Waals surface area contributed by atoms with Gasteiger partial charge in [-0.15, -0.1) is 11.8 Å². The molecule has 0 saturated carbocycles. The molecule has 3 rings (SSSR count). The molecule has 1 aliphatic heterocycles. The summed E-state index contributed by atoms with van der Waals surface area (Å²) in [5.74, 6) is 0.780. The third-order valence-electron chi connectivity index (χ3n) is 2.83. The van der Waals surface area contributed by atoms with Crippen LogP contribution in [0.1, 0.15) is 12.1 Å². The molecule has 0 spiro atoms. The molecule has 82 valence electrons. The van der Waals surface area contributed by atoms with Crippen molar-refractivity contribution in [3.63, 3.8) is 0 Å². The highest BCUT2D eigenvalue weighted by molar-refractivity contribution is 7.99. The summed E-state index contributed by atoms with van der Waals surface area (Å²) in [4.78, 5) is 5.45. The topological polar surface area (TPSA) is 38.9 Å². The molecule has 2 heterocycles. The van der Waals surface area contributed by atoms with Gasteiger partial charge in [-0.3, -0.25) is 0 Å². The van der Waals surface area contributed by atoms with Gasteiger partial charge in [0.05, 0.1) is 16.3 Å². The van der Waals surface area contributed by atoms with E-state index >= 15 is 0 Å². The second-order valence-electron chi connectivity index (χ2n) is 3.89. The van der Waals surface area contributed by atoms with Gasteiger partial charge in [0.2, 0.25) is 0 Å². The molecule has 0 amide bonds. The molecular weight excluding hydrogens is 223 g/mol.